The number of hydrogen-bond donors (Lipinski definition) is 1. The van der Waals surface area contributed by atoms with Crippen molar-refractivity contribution in [3.05, 3.63) is 64.7 Å². The molecule has 34 heavy (non-hydrogen) atoms. The predicted octanol–water partition coefficient (Wildman–Crippen LogP) is 3.95. The SMILES string of the molecule is CC(=O)N(c1nnc(SC(C)C(=O)Nc2ccc3c(c2)C(=O)c2ccccc2C3=O)s1)C1CC1. The molecule has 1 unspecified atom stereocenters. The van der Waals surface area contributed by atoms with Gasteiger partial charge in [-0.2, -0.15) is 0 Å². The molecule has 1 heterocycles. The lowest BCUT2D eigenvalue weighted by atomic mass is 9.84. The molecule has 0 spiro atoms. The lowest BCUT2D eigenvalue weighted by Crippen LogP contribution is -2.30. The minimum absolute atomic E-state index is 0.0657. The maximum Gasteiger partial charge on any atom is 0.237 e. The van der Waals surface area contributed by atoms with Gasteiger partial charge in [0.05, 0.1) is 5.25 Å². The van der Waals surface area contributed by atoms with Gasteiger partial charge in [0.1, 0.15) is 0 Å². The molecule has 172 valence electrons. The highest BCUT2D eigenvalue weighted by atomic mass is 32.2. The van der Waals surface area contributed by atoms with Crippen LogP contribution in [-0.2, 0) is 9.59 Å². The van der Waals surface area contributed by atoms with Gasteiger partial charge >= 0.3 is 0 Å². The third-order valence-electron chi connectivity index (χ3n) is 5.69. The van der Waals surface area contributed by atoms with Crippen molar-refractivity contribution < 1.29 is 19.2 Å². The van der Waals surface area contributed by atoms with Crippen LogP contribution in [0.3, 0.4) is 0 Å². The van der Waals surface area contributed by atoms with Crippen molar-refractivity contribution >= 4 is 57.3 Å². The van der Waals surface area contributed by atoms with E-state index in [1.165, 1.54) is 30.0 Å². The van der Waals surface area contributed by atoms with Crippen molar-refractivity contribution in [2.75, 3.05) is 10.2 Å². The summed E-state index contributed by atoms with van der Waals surface area (Å²) in [7, 11) is 0. The van der Waals surface area contributed by atoms with Crippen LogP contribution in [0.25, 0.3) is 0 Å². The molecule has 2 aliphatic carbocycles. The van der Waals surface area contributed by atoms with E-state index < -0.39 is 5.25 Å². The third kappa shape index (κ3) is 4.14. The summed E-state index contributed by atoms with van der Waals surface area (Å²) in [4.78, 5) is 52.1. The van der Waals surface area contributed by atoms with Crippen LogP contribution >= 0.6 is 23.1 Å². The van der Waals surface area contributed by atoms with Crippen molar-refractivity contribution in [3.63, 3.8) is 0 Å². The van der Waals surface area contributed by atoms with E-state index in [1.54, 1.807) is 54.3 Å². The molecule has 3 aromatic rings. The van der Waals surface area contributed by atoms with Gasteiger partial charge in [0.2, 0.25) is 16.9 Å². The molecule has 5 rings (SSSR count). The Morgan fingerprint density at radius 2 is 1.68 bits per heavy atom. The van der Waals surface area contributed by atoms with Crippen LogP contribution in [0.4, 0.5) is 10.8 Å². The molecule has 1 aromatic heterocycles. The fourth-order valence-electron chi connectivity index (χ4n) is 3.85. The first-order chi connectivity index (χ1) is 16.3. The first-order valence-electron chi connectivity index (χ1n) is 10.8. The fourth-order valence-corrected chi connectivity index (χ4v) is 5.95. The van der Waals surface area contributed by atoms with Crippen molar-refractivity contribution in [2.24, 2.45) is 0 Å². The molecule has 2 aliphatic rings. The van der Waals surface area contributed by atoms with E-state index in [2.05, 4.69) is 15.5 Å². The van der Waals surface area contributed by atoms with Crippen LogP contribution in [0.2, 0.25) is 0 Å². The molecule has 1 saturated carbocycles. The quantitative estimate of drug-likeness (QED) is 0.321. The molecule has 8 nitrogen and oxygen atoms in total. The largest absolute Gasteiger partial charge is 0.325 e. The average molecular weight is 493 g/mol. The molecule has 0 saturated heterocycles. The summed E-state index contributed by atoms with van der Waals surface area (Å²) in [6.07, 6.45) is 1.92. The van der Waals surface area contributed by atoms with Crippen molar-refractivity contribution in [2.45, 2.75) is 42.3 Å². The van der Waals surface area contributed by atoms with E-state index in [0.717, 1.165) is 12.8 Å². The molecular formula is C24H20N4O4S2. The van der Waals surface area contributed by atoms with Gasteiger partial charge in [-0.05, 0) is 38.0 Å². The van der Waals surface area contributed by atoms with Crippen LogP contribution in [0, 0.1) is 0 Å². The maximum absolute atomic E-state index is 12.9. The van der Waals surface area contributed by atoms with Gasteiger partial charge in [0.15, 0.2) is 15.9 Å². The Bertz CT molecular complexity index is 1350. The second-order valence-electron chi connectivity index (χ2n) is 8.18. The van der Waals surface area contributed by atoms with Gasteiger partial charge < -0.3 is 5.32 Å². The summed E-state index contributed by atoms with van der Waals surface area (Å²) >= 11 is 2.53. The van der Waals surface area contributed by atoms with Crippen molar-refractivity contribution in [3.8, 4) is 0 Å². The minimum atomic E-state index is -0.499. The Kier molecular flexibility index (Phi) is 5.78. The highest BCUT2D eigenvalue weighted by molar-refractivity contribution is 8.02. The molecule has 2 amide bonds. The van der Waals surface area contributed by atoms with Crippen LogP contribution in [0.5, 0.6) is 0 Å². The summed E-state index contributed by atoms with van der Waals surface area (Å²) in [5.41, 5.74) is 1.80. The van der Waals surface area contributed by atoms with E-state index >= 15 is 0 Å². The van der Waals surface area contributed by atoms with Gasteiger partial charge in [-0.25, -0.2) is 0 Å². The number of amides is 2. The molecule has 1 N–H and O–H groups in total. The lowest BCUT2D eigenvalue weighted by molar-refractivity contribution is -0.117. The summed E-state index contributed by atoms with van der Waals surface area (Å²) in [6.45, 7) is 3.26. The highest BCUT2D eigenvalue weighted by Gasteiger charge is 2.34. The molecule has 0 bridgehead atoms. The second-order valence-corrected chi connectivity index (χ2v) is 10.7. The fraction of sp³-hybridized carbons (Fsp3) is 0.250. The van der Waals surface area contributed by atoms with Crippen LogP contribution in [-0.4, -0.2) is 44.9 Å². The standard InChI is InChI=1S/C24H20N4O4S2/c1-12(33-24-27-26-23(34-24)28(13(2)29)15-8-9-15)22(32)25-14-7-10-18-19(11-14)21(31)17-6-4-3-5-16(17)20(18)30/h3-7,10-12,15H,8-9H2,1-2H3,(H,25,32). The van der Waals surface area contributed by atoms with E-state index in [4.69, 9.17) is 0 Å². The van der Waals surface area contributed by atoms with Crippen LogP contribution in [0.1, 0.15) is 58.5 Å². The molecule has 1 atom stereocenters. The Labute approximate surface area is 203 Å². The number of nitrogens with zero attached hydrogens (tertiary/aromatic N) is 3. The molecule has 1 fully saturated rings. The van der Waals surface area contributed by atoms with Gasteiger partial charge in [-0.1, -0.05) is 47.4 Å². The Morgan fingerprint density at radius 1 is 1.03 bits per heavy atom. The number of thioether (sulfide) groups is 1. The van der Waals surface area contributed by atoms with Crippen LogP contribution in [0.15, 0.2) is 46.8 Å². The Balaban J connectivity index is 1.28. The second kappa shape index (κ2) is 8.77. The minimum Gasteiger partial charge on any atom is -0.325 e. The molecule has 0 aliphatic heterocycles. The van der Waals surface area contributed by atoms with Crippen LogP contribution < -0.4 is 10.2 Å². The Hall–Kier alpha value is -3.37. The normalized spacial score (nSPS) is 15.4. The Morgan fingerprint density at radius 3 is 2.32 bits per heavy atom. The molecule has 0 radical (unpaired) electrons. The average Bonchev–Trinajstić information content (AvgIpc) is 3.55. The van der Waals surface area contributed by atoms with E-state index in [0.29, 0.717) is 31.8 Å². The number of hydrogen-bond acceptors (Lipinski definition) is 8. The van der Waals surface area contributed by atoms with Gasteiger partial charge in [0.25, 0.3) is 0 Å². The number of ketones is 2. The molecule has 2 aromatic carbocycles. The highest BCUT2D eigenvalue weighted by Crippen LogP contribution is 2.37. The smallest absolute Gasteiger partial charge is 0.237 e. The number of anilines is 2. The number of rotatable bonds is 6. The zero-order valence-electron chi connectivity index (χ0n) is 18.4. The number of nitrogens with one attached hydrogen (secondary N) is 1. The number of carbonyl (C=O) groups excluding carboxylic acids is 4. The number of benzene rings is 2. The number of aromatic nitrogens is 2. The summed E-state index contributed by atoms with van der Waals surface area (Å²) in [5, 5.41) is 11.1. The van der Waals surface area contributed by atoms with Gasteiger partial charge in [-0.15, -0.1) is 10.2 Å². The lowest BCUT2D eigenvalue weighted by Gasteiger charge is -2.18. The number of fused-ring (bicyclic) bond motifs is 2. The molecular weight excluding hydrogens is 472 g/mol. The summed E-state index contributed by atoms with van der Waals surface area (Å²) < 4.78 is 0.590. The third-order valence-corrected chi connectivity index (χ3v) is 7.80. The first-order valence-corrected chi connectivity index (χ1v) is 12.5. The molecule has 10 heteroatoms. The van der Waals surface area contributed by atoms with E-state index in [9.17, 15) is 19.2 Å². The predicted molar refractivity (Wildman–Crippen MR) is 130 cm³/mol. The topological polar surface area (TPSA) is 109 Å². The summed E-state index contributed by atoms with van der Waals surface area (Å²) in [6, 6.07) is 11.7. The maximum atomic E-state index is 12.9. The number of carbonyl (C=O) groups is 4. The monoisotopic (exact) mass is 492 g/mol. The van der Waals surface area contributed by atoms with Gasteiger partial charge in [-0.3, -0.25) is 24.1 Å². The van der Waals surface area contributed by atoms with E-state index in [-0.39, 0.29) is 35.0 Å². The first kappa shape index (κ1) is 22.4. The van der Waals surface area contributed by atoms with Gasteiger partial charge in [0, 0.05) is 40.9 Å². The zero-order valence-corrected chi connectivity index (χ0v) is 20.0. The van der Waals surface area contributed by atoms with Crippen molar-refractivity contribution in [1.29, 1.82) is 0 Å². The summed E-state index contributed by atoms with van der Waals surface area (Å²) in [5.74, 6) is -0.785. The zero-order chi connectivity index (χ0) is 24.0. The van der Waals surface area contributed by atoms with E-state index in [1.807, 2.05) is 0 Å². The van der Waals surface area contributed by atoms with Crippen molar-refractivity contribution in [1.82, 2.24) is 10.2 Å².